The van der Waals surface area contributed by atoms with Crippen LogP contribution in [0.2, 0.25) is 5.15 Å². The highest BCUT2D eigenvalue weighted by molar-refractivity contribution is 6.29. The van der Waals surface area contributed by atoms with Crippen LogP contribution in [0.15, 0.2) is 18.3 Å². The van der Waals surface area contributed by atoms with Gasteiger partial charge in [0.1, 0.15) is 5.15 Å². The normalized spacial score (nSPS) is 23.7. The molecule has 1 aromatic rings. The fourth-order valence-corrected chi connectivity index (χ4v) is 2.58. The van der Waals surface area contributed by atoms with Crippen LogP contribution in [0.1, 0.15) is 17.3 Å². The van der Waals surface area contributed by atoms with Gasteiger partial charge in [0.25, 0.3) is 5.91 Å². The summed E-state index contributed by atoms with van der Waals surface area (Å²) in [4.78, 5) is 20.3. The van der Waals surface area contributed by atoms with E-state index in [-0.39, 0.29) is 5.91 Å². The van der Waals surface area contributed by atoms with Gasteiger partial charge in [-0.15, -0.1) is 0 Å². The number of pyridine rings is 1. The molecular weight excluding hydrogens is 250 g/mol. The maximum Gasteiger partial charge on any atom is 0.255 e. The molecule has 0 aliphatic carbocycles. The summed E-state index contributed by atoms with van der Waals surface area (Å²) in [5.41, 5.74) is 0.603. The molecule has 5 heteroatoms. The molecule has 1 aliphatic rings. The summed E-state index contributed by atoms with van der Waals surface area (Å²) in [6.07, 6.45) is 1.54. The molecule has 0 radical (unpaired) electrons. The smallest absolute Gasteiger partial charge is 0.255 e. The fraction of sp³-hybridized carbons (Fsp3) is 0.538. The van der Waals surface area contributed by atoms with Gasteiger partial charge in [0.05, 0.1) is 5.56 Å². The zero-order valence-electron chi connectivity index (χ0n) is 10.9. The molecule has 2 rings (SSSR count). The summed E-state index contributed by atoms with van der Waals surface area (Å²) in [6.45, 7) is 3.75. The van der Waals surface area contributed by atoms with Crippen LogP contribution in [0.4, 0.5) is 0 Å². The number of carbonyl (C=O) groups is 1. The van der Waals surface area contributed by atoms with Crippen LogP contribution >= 0.6 is 11.6 Å². The standard InChI is InChI=1S/C13H18ClN3O/c1-9-7-17(8-11(9)16(2)3)13(18)10-4-5-12(14)15-6-10/h4-6,9,11H,7-8H2,1-3H3. The van der Waals surface area contributed by atoms with E-state index in [1.807, 2.05) is 4.90 Å². The van der Waals surface area contributed by atoms with Crippen molar-refractivity contribution in [2.75, 3.05) is 27.2 Å². The van der Waals surface area contributed by atoms with Crippen molar-refractivity contribution in [3.05, 3.63) is 29.0 Å². The van der Waals surface area contributed by atoms with Crippen LogP contribution in [-0.4, -0.2) is 53.9 Å². The number of carbonyl (C=O) groups excluding carboxylic acids is 1. The van der Waals surface area contributed by atoms with Crippen molar-refractivity contribution in [1.82, 2.24) is 14.8 Å². The SMILES string of the molecule is CC1CN(C(=O)c2ccc(Cl)nc2)CC1N(C)C. The van der Waals surface area contributed by atoms with E-state index in [2.05, 4.69) is 30.9 Å². The molecule has 0 spiro atoms. The van der Waals surface area contributed by atoms with Crippen molar-refractivity contribution in [1.29, 1.82) is 0 Å². The van der Waals surface area contributed by atoms with Gasteiger partial charge in [-0.3, -0.25) is 4.79 Å². The van der Waals surface area contributed by atoms with Gasteiger partial charge in [-0.25, -0.2) is 4.98 Å². The van der Waals surface area contributed by atoms with Crippen molar-refractivity contribution in [3.63, 3.8) is 0 Å². The molecule has 4 nitrogen and oxygen atoms in total. The molecular formula is C13H18ClN3O. The van der Waals surface area contributed by atoms with E-state index in [4.69, 9.17) is 11.6 Å². The van der Waals surface area contributed by atoms with Crippen molar-refractivity contribution in [2.45, 2.75) is 13.0 Å². The number of rotatable bonds is 2. The summed E-state index contributed by atoms with van der Waals surface area (Å²) in [5.74, 6) is 0.527. The summed E-state index contributed by atoms with van der Waals surface area (Å²) >= 11 is 5.72. The zero-order chi connectivity index (χ0) is 13.3. The number of likely N-dealkylation sites (tertiary alicyclic amines) is 1. The second kappa shape index (κ2) is 5.24. The quantitative estimate of drug-likeness (QED) is 0.766. The Kier molecular flexibility index (Phi) is 3.88. The summed E-state index contributed by atoms with van der Waals surface area (Å²) < 4.78 is 0. The molecule has 2 heterocycles. The highest BCUT2D eigenvalue weighted by Gasteiger charge is 2.33. The van der Waals surface area contributed by atoms with E-state index >= 15 is 0 Å². The molecule has 1 saturated heterocycles. The van der Waals surface area contributed by atoms with Gasteiger partial charge < -0.3 is 9.80 Å². The minimum absolute atomic E-state index is 0.0374. The molecule has 98 valence electrons. The predicted molar refractivity (Wildman–Crippen MR) is 71.8 cm³/mol. The number of nitrogens with zero attached hydrogens (tertiary/aromatic N) is 3. The largest absolute Gasteiger partial charge is 0.337 e. The van der Waals surface area contributed by atoms with Gasteiger partial charge >= 0.3 is 0 Å². The minimum Gasteiger partial charge on any atom is -0.337 e. The Hall–Kier alpha value is -1.13. The molecule has 0 bridgehead atoms. The number of likely N-dealkylation sites (N-methyl/N-ethyl adjacent to an activating group) is 1. The van der Waals surface area contributed by atoms with Gasteiger partial charge in [0.2, 0.25) is 0 Å². The Morgan fingerprint density at radius 3 is 2.67 bits per heavy atom. The molecule has 2 atom stereocenters. The van der Waals surface area contributed by atoms with Crippen LogP contribution in [0, 0.1) is 5.92 Å². The Morgan fingerprint density at radius 2 is 2.17 bits per heavy atom. The van der Waals surface area contributed by atoms with Crippen LogP contribution < -0.4 is 0 Å². The Balaban J connectivity index is 2.09. The first-order valence-corrected chi connectivity index (χ1v) is 6.44. The molecule has 0 N–H and O–H groups in total. The number of halogens is 1. The lowest BCUT2D eigenvalue weighted by Crippen LogP contribution is -2.35. The average molecular weight is 268 g/mol. The summed E-state index contributed by atoms with van der Waals surface area (Å²) in [5, 5.41) is 0.410. The third-order valence-corrected chi connectivity index (χ3v) is 3.72. The van der Waals surface area contributed by atoms with Crippen LogP contribution in [0.25, 0.3) is 0 Å². The maximum absolute atomic E-state index is 12.3. The van der Waals surface area contributed by atoms with Gasteiger partial charge in [-0.1, -0.05) is 18.5 Å². The van der Waals surface area contributed by atoms with Crippen LogP contribution in [0.3, 0.4) is 0 Å². The third-order valence-electron chi connectivity index (χ3n) is 3.50. The van der Waals surface area contributed by atoms with E-state index in [0.717, 1.165) is 13.1 Å². The lowest BCUT2D eigenvalue weighted by Gasteiger charge is -2.22. The van der Waals surface area contributed by atoms with Gasteiger partial charge in [-0.05, 0) is 32.1 Å². The zero-order valence-corrected chi connectivity index (χ0v) is 11.7. The summed E-state index contributed by atoms with van der Waals surface area (Å²) in [7, 11) is 4.11. The van der Waals surface area contributed by atoms with Gasteiger partial charge in [0, 0.05) is 25.3 Å². The highest BCUT2D eigenvalue weighted by atomic mass is 35.5. The number of aromatic nitrogens is 1. The van der Waals surface area contributed by atoms with Crippen molar-refractivity contribution >= 4 is 17.5 Å². The predicted octanol–water partition coefficient (Wildman–Crippen LogP) is 1.76. The average Bonchev–Trinajstić information content (AvgIpc) is 2.71. The van der Waals surface area contributed by atoms with E-state index < -0.39 is 0 Å². The lowest BCUT2D eigenvalue weighted by atomic mass is 10.1. The summed E-state index contributed by atoms with van der Waals surface area (Å²) in [6, 6.07) is 3.80. The van der Waals surface area contributed by atoms with E-state index in [9.17, 15) is 4.79 Å². The Labute approximate surface area is 113 Å². The number of hydrogen-bond acceptors (Lipinski definition) is 3. The monoisotopic (exact) mass is 267 g/mol. The van der Waals surface area contributed by atoms with Gasteiger partial charge in [-0.2, -0.15) is 0 Å². The molecule has 2 unspecified atom stereocenters. The number of hydrogen-bond donors (Lipinski definition) is 0. The fourth-order valence-electron chi connectivity index (χ4n) is 2.47. The van der Waals surface area contributed by atoms with E-state index in [1.54, 1.807) is 18.3 Å². The van der Waals surface area contributed by atoms with E-state index in [1.165, 1.54) is 0 Å². The van der Waals surface area contributed by atoms with Crippen LogP contribution in [-0.2, 0) is 0 Å². The molecule has 1 aliphatic heterocycles. The topological polar surface area (TPSA) is 36.4 Å². The van der Waals surface area contributed by atoms with Gasteiger partial charge in [0.15, 0.2) is 0 Å². The maximum atomic E-state index is 12.3. The lowest BCUT2D eigenvalue weighted by molar-refractivity contribution is 0.0781. The van der Waals surface area contributed by atoms with E-state index in [0.29, 0.717) is 22.7 Å². The Bertz CT molecular complexity index is 432. The first-order chi connectivity index (χ1) is 8.49. The molecule has 18 heavy (non-hydrogen) atoms. The highest BCUT2D eigenvalue weighted by Crippen LogP contribution is 2.21. The third kappa shape index (κ3) is 2.65. The molecule has 1 amide bonds. The van der Waals surface area contributed by atoms with Crippen LogP contribution in [0.5, 0.6) is 0 Å². The molecule has 1 aromatic heterocycles. The second-order valence-corrected chi connectivity index (χ2v) is 5.48. The first kappa shape index (κ1) is 13.3. The van der Waals surface area contributed by atoms with Crippen molar-refractivity contribution < 1.29 is 4.79 Å². The molecule has 0 aromatic carbocycles. The molecule has 0 saturated carbocycles. The second-order valence-electron chi connectivity index (χ2n) is 5.09. The first-order valence-electron chi connectivity index (χ1n) is 6.06. The molecule has 1 fully saturated rings. The number of amides is 1. The van der Waals surface area contributed by atoms with Crippen molar-refractivity contribution in [2.24, 2.45) is 5.92 Å². The minimum atomic E-state index is 0.0374. The Morgan fingerprint density at radius 1 is 1.44 bits per heavy atom. The van der Waals surface area contributed by atoms with Crippen molar-refractivity contribution in [3.8, 4) is 0 Å².